The van der Waals surface area contributed by atoms with Crippen molar-refractivity contribution in [1.29, 1.82) is 0 Å². The maximum Gasteiger partial charge on any atom is 1.00 e. The fraction of sp³-hybridized carbons (Fsp3) is 0.263. The SMILES string of the molecule is O=C([O-])C1=C(CSc2n[nH]nc2C(=O)O)CS[C@@H]2C(NC(=O)[C@H](O)c3ccccc3)C(=O)N12.O=C([O-])C1=C(CSc2n[nH]nc2C(=O)O)CS[C@@H]2C(NC(=O)[C@H](O)c3ccccc3)C(=O)N12.[Na+].[Na+]. The van der Waals surface area contributed by atoms with Crippen LogP contribution in [0, 0.1) is 0 Å². The number of H-pyrrole nitrogens is 2. The first-order valence-electron chi connectivity index (χ1n) is 19.0. The number of carboxylic acids is 4. The van der Waals surface area contributed by atoms with Crippen LogP contribution in [-0.4, -0.2) is 154 Å². The number of fused-ring (bicyclic) bond motifs is 2. The molecule has 30 heteroatoms. The summed E-state index contributed by atoms with van der Waals surface area (Å²) in [4.78, 5) is 98.3. The summed E-state index contributed by atoms with van der Waals surface area (Å²) >= 11 is 4.40. The van der Waals surface area contributed by atoms with Crippen LogP contribution >= 0.6 is 47.0 Å². The molecule has 2 aromatic heterocycles. The number of aromatic nitrogens is 6. The zero-order chi connectivity index (χ0) is 47.4. The van der Waals surface area contributed by atoms with Crippen LogP contribution in [0.5, 0.6) is 0 Å². The molecule has 0 bridgehead atoms. The Labute approximate surface area is 443 Å². The number of aliphatic hydroxyl groups excluding tert-OH is 2. The Bertz CT molecular complexity index is 2500. The van der Waals surface area contributed by atoms with Crippen molar-refractivity contribution in [3.05, 3.63) is 106 Å². The van der Waals surface area contributed by atoms with Gasteiger partial charge in [-0.15, -0.1) is 43.9 Å². The Hall–Kier alpha value is -4.72. The fourth-order valence-electron chi connectivity index (χ4n) is 6.84. The van der Waals surface area contributed by atoms with Crippen LogP contribution in [-0.2, 0) is 28.8 Å². The summed E-state index contributed by atoms with van der Waals surface area (Å²) in [5.41, 5.74) is 0.201. The van der Waals surface area contributed by atoms with E-state index in [9.17, 15) is 58.8 Å². The van der Waals surface area contributed by atoms with Crippen molar-refractivity contribution in [2.24, 2.45) is 0 Å². The second-order valence-electron chi connectivity index (χ2n) is 14.0. The van der Waals surface area contributed by atoms with E-state index in [0.29, 0.717) is 22.3 Å². The molecule has 0 radical (unpaired) electrons. The zero-order valence-electron chi connectivity index (χ0n) is 35.3. The summed E-state index contributed by atoms with van der Waals surface area (Å²) in [6.07, 6.45) is -2.95. The minimum absolute atomic E-state index is 0. The second kappa shape index (κ2) is 23.7. The van der Waals surface area contributed by atoms with Crippen molar-refractivity contribution < 1.29 is 128 Å². The maximum absolute atomic E-state index is 12.7. The molecule has 8 rings (SSSR count). The molecular weight excluding hydrogens is 995 g/mol. The number of benzene rings is 2. The van der Waals surface area contributed by atoms with Crippen molar-refractivity contribution in [1.82, 2.24) is 51.3 Å². The Morgan fingerprint density at radius 1 is 0.647 bits per heavy atom. The van der Waals surface area contributed by atoms with Crippen molar-refractivity contribution in [2.45, 2.75) is 45.1 Å². The van der Waals surface area contributed by atoms with E-state index in [1.165, 1.54) is 23.5 Å². The number of thioether (sulfide) groups is 4. The number of nitrogens with zero attached hydrogens (tertiary/aromatic N) is 6. The van der Waals surface area contributed by atoms with Gasteiger partial charge in [-0.1, -0.05) is 84.2 Å². The number of aliphatic carboxylic acids is 2. The molecule has 0 aliphatic carbocycles. The molecule has 4 aliphatic heterocycles. The number of rotatable bonds is 16. The van der Waals surface area contributed by atoms with Crippen molar-refractivity contribution in [2.75, 3.05) is 23.0 Å². The van der Waals surface area contributed by atoms with Gasteiger partial charge in [0.05, 0.1) is 23.3 Å². The van der Waals surface area contributed by atoms with Crippen LogP contribution < -0.4 is 80.0 Å². The number of hydrogen-bond acceptors (Lipinski definition) is 20. The molecule has 68 heavy (non-hydrogen) atoms. The molecule has 0 spiro atoms. The van der Waals surface area contributed by atoms with E-state index >= 15 is 0 Å². The minimum Gasteiger partial charge on any atom is -0.543 e. The molecule has 2 aromatic carbocycles. The molecule has 8 N–H and O–H groups in total. The van der Waals surface area contributed by atoms with Crippen LogP contribution in [0.15, 0.2) is 93.3 Å². The van der Waals surface area contributed by atoms with E-state index in [2.05, 4.69) is 41.5 Å². The summed E-state index contributed by atoms with van der Waals surface area (Å²) in [5, 5.41) is 85.0. The zero-order valence-corrected chi connectivity index (χ0v) is 42.5. The summed E-state index contributed by atoms with van der Waals surface area (Å²) < 4.78 is 0. The number of carbonyl (C=O) groups is 8. The average molecular weight is 1030 g/mol. The molecule has 4 aliphatic rings. The molecular formula is C38H32N10Na2O14S4. The minimum atomic E-state index is -1.56. The number of β-lactam (4-membered cyclic amide) rings is 2. The third-order valence-corrected chi connectivity index (χ3v) is 14.8. The maximum atomic E-state index is 12.7. The number of amides is 4. The summed E-state index contributed by atoms with van der Waals surface area (Å²) in [7, 11) is 0. The van der Waals surface area contributed by atoms with Crippen molar-refractivity contribution in [3.8, 4) is 0 Å². The largest absolute Gasteiger partial charge is 1.00 e. The smallest absolute Gasteiger partial charge is 0.543 e. The van der Waals surface area contributed by atoms with Crippen molar-refractivity contribution in [3.63, 3.8) is 0 Å². The molecule has 6 heterocycles. The molecule has 2 fully saturated rings. The predicted molar refractivity (Wildman–Crippen MR) is 225 cm³/mol. The number of hydrogen-bond donors (Lipinski definition) is 8. The van der Waals surface area contributed by atoms with Gasteiger partial charge in [-0.05, 0) is 22.3 Å². The Morgan fingerprint density at radius 2 is 1.00 bits per heavy atom. The molecule has 24 nitrogen and oxygen atoms in total. The Balaban J connectivity index is 0.000000247. The third-order valence-electron chi connectivity index (χ3n) is 10.0. The first-order chi connectivity index (χ1) is 31.6. The molecule has 2 saturated heterocycles. The van der Waals surface area contributed by atoms with E-state index < -0.39 is 82.5 Å². The second-order valence-corrected chi connectivity index (χ2v) is 18.2. The van der Waals surface area contributed by atoms with Crippen LogP contribution in [0.3, 0.4) is 0 Å². The van der Waals surface area contributed by atoms with Gasteiger partial charge in [-0.2, -0.15) is 10.4 Å². The van der Waals surface area contributed by atoms with E-state index in [-0.39, 0.29) is 115 Å². The molecule has 2 unspecified atom stereocenters. The van der Waals surface area contributed by atoms with Crippen LogP contribution in [0.4, 0.5) is 0 Å². The average Bonchev–Trinajstić information content (AvgIpc) is 4.01. The summed E-state index contributed by atoms with van der Waals surface area (Å²) in [6, 6.07) is 14.4. The topological polar surface area (TPSA) is 377 Å². The van der Waals surface area contributed by atoms with Gasteiger partial charge in [0.2, 0.25) is 11.4 Å². The van der Waals surface area contributed by atoms with Crippen molar-refractivity contribution >= 4 is 94.6 Å². The van der Waals surface area contributed by atoms with Gasteiger partial charge in [-0.25, -0.2) is 9.59 Å². The molecule has 4 amide bonds. The molecule has 344 valence electrons. The number of nitrogens with one attached hydrogen (secondary N) is 4. The number of aromatic amines is 2. The fourth-order valence-corrected chi connectivity index (χ4v) is 11.6. The van der Waals surface area contributed by atoms with Crippen LogP contribution in [0.1, 0.15) is 44.3 Å². The van der Waals surface area contributed by atoms with Crippen LogP contribution in [0.2, 0.25) is 0 Å². The molecule has 4 aromatic rings. The monoisotopic (exact) mass is 1030 g/mol. The van der Waals surface area contributed by atoms with E-state index in [1.54, 1.807) is 60.7 Å². The number of carbonyl (C=O) groups excluding carboxylic acids is 6. The van der Waals surface area contributed by atoms with E-state index in [1.807, 2.05) is 0 Å². The first kappa shape index (κ1) is 54.2. The number of aliphatic hydroxyl groups is 2. The van der Waals surface area contributed by atoms with Crippen LogP contribution in [0.25, 0.3) is 0 Å². The number of carboxylic acid groups (broad SMARTS) is 4. The quantitative estimate of drug-likeness (QED) is 0.0293. The molecule has 0 saturated carbocycles. The third kappa shape index (κ3) is 11.5. The summed E-state index contributed by atoms with van der Waals surface area (Å²) in [6.45, 7) is 0. The normalized spacial score (nSPS) is 20.0. The van der Waals surface area contributed by atoms with E-state index in [0.717, 1.165) is 33.3 Å². The summed E-state index contributed by atoms with van der Waals surface area (Å²) in [5.74, 6) is -8.01. The van der Waals surface area contributed by atoms with Gasteiger partial charge in [-0.3, -0.25) is 29.0 Å². The van der Waals surface area contributed by atoms with Gasteiger partial charge in [0, 0.05) is 23.0 Å². The first-order valence-corrected chi connectivity index (χ1v) is 23.0. The van der Waals surface area contributed by atoms with Gasteiger partial charge < -0.3 is 50.9 Å². The van der Waals surface area contributed by atoms with Gasteiger partial charge in [0.1, 0.15) is 22.8 Å². The molecule has 6 atom stereocenters. The van der Waals surface area contributed by atoms with Gasteiger partial charge in [0.15, 0.2) is 22.3 Å². The van der Waals surface area contributed by atoms with E-state index in [4.69, 9.17) is 10.2 Å². The predicted octanol–water partition coefficient (Wildman–Crippen LogP) is -8.53. The van der Waals surface area contributed by atoms with Gasteiger partial charge in [0.25, 0.3) is 23.6 Å². The Kier molecular flexibility index (Phi) is 18.9. The Morgan fingerprint density at radius 3 is 1.32 bits per heavy atom. The number of aromatic carboxylic acids is 2. The standard InChI is InChI=1S/2C19H17N5O7S2.2Na/c2*25-13(8-4-2-1-3-5-8)14(26)20-11-16(27)24-12(19(30)31)9(7-33-17(11)24)6-32-15-10(18(28)29)21-23-22-15;;/h2*1-5,11,13,17,25H,6-7H2,(H,20,26)(H,28,29)(H,30,31)(H,21,22,23);;/q;;2*+1/p-2/t2*11?,13-,17-;;/m11../s1. The van der Waals surface area contributed by atoms with Gasteiger partial charge >= 0.3 is 71.1 Å².